The van der Waals surface area contributed by atoms with E-state index in [4.69, 9.17) is 0 Å². The smallest absolute Gasteiger partial charge is 0.0641 e. The quantitative estimate of drug-likeness (QED) is 0.666. The van der Waals surface area contributed by atoms with Crippen LogP contribution in [-0.2, 0) is 0 Å². The van der Waals surface area contributed by atoms with Gasteiger partial charge in [0.2, 0.25) is 0 Å². The van der Waals surface area contributed by atoms with Crippen molar-refractivity contribution < 1.29 is 10.2 Å². The minimum atomic E-state index is -0.703. The zero-order valence-corrected chi connectivity index (χ0v) is 10.1. The highest BCUT2D eigenvalue weighted by atomic mass is 16.3. The van der Waals surface area contributed by atoms with Crippen LogP contribution in [-0.4, -0.2) is 21.9 Å². The molecule has 0 bridgehead atoms. The lowest BCUT2D eigenvalue weighted by molar-refractivity contribution is -0.00621. The Morgan fingerprint density at radius 3 is 2.00 bits per heavy atom. The van der Waals surface area contributed by atoms with Gasteiger partial charge in [-0.3, -0.25) is 0 Å². The van der Waals surface area contributed by atoms with E-state index in [1.165, 1.54) is 0 Å². The highest BCUT2D eigenvalue weighted by molar-refractivity contribution is 4.76. The molecule has 0 radical (unpaired) electrons. The number of rotatable bonds is 7. The molecule has 0 fully saturated rings. The molecule has 0 aromatic heterocycles. The van der Waals surface area contributed by atoms with Gasteiger partial charge in [0.1, 0.15) is 0 Å². The number of hydrogen-bond acceptors (Lipinski definition) is 2. The molecule has 0 amide bonds. The molecular formula is C12H26O2. The van der Waals surface area contributed by atoms with Crippen LogP contribution in [0, 0.1) is 5.92 Å². The zero-order chi connectivity index (χ0) is 11.2. The van der Waals surface area contributed by atoms with Crippen molar-refractivity contribution in [2.75, 3.05) is 0 Å². The molecule has 86 valence electrons. The van der Waals surface area contributed by atoms with E-state index in [9.17, 15) is 10.2 Å². The summed E-state index contributed by atoms with van der Waals surface area (Å²) in [6, 6.07) is 0. The third-order valence-corrected chi connectivity index (χ3v) is 3.20. The topological polar surface area (TPSA) is 40.5 Å². The van der Waals surface area contributed by atoms with Crippen LogP contribution < -0.4 is 0 Å². The van der Waals surface area contributed by atoms with Crippen LogP contribution >= 0.6 is 0 Å². The molecule has 0 aliphatic rings. The standard InChI is InChI=1S/C12H26O2/c1-5-10(6-2)8-11(13)9-12(4,14)7-3/h10-11,13-14H,5-9H2,1-4H3. The first-order valence-corrected chi connectivity index (χ1v) is 5.85. The Morgan fingerprint density at radius 2 is 1.64 bits per heavy atom. The molecule has 0 heterocycles. The molecular weight excluding hydrogens is 176 g/mol. The predicted molar refractivity (Wildman–Crippen MR) is 60.2 cm³/mol. The van der Waals surface area contributed by atoms with Crippen molar-refractivity contribution in [1.82, 2.24) is 0 Å². The van der Waals surface area contributed by atoms with Gasteiger partial charge in [0.15, 0.2) is 0 Å². The second-order valence-electron chi connectivity index (χ2n) is 4.63. The van der Waals surface area contributed by atoms with Crippen molar-refractivity contribution >= 4 is 0 Å². The summed E-state index contributed by atoms with van der Waals surface area (Å²) in [5.74, 6) is 0.595. The average Bonchev–Trinajstić information content (AvgIpc) is 2.13. The molecule has 0 aromatic carbocycles. The largest absolute Gasteiger partial charge is 0.393 e. The van der Waals surface area contributed by atoms with Gasteiger partial charge in [0.25, 0.3) is 0 Å². The van der Waals surface area contributed by atoms with Crippen molar-refractivity contribution in [3.8, 4) is 0 Å². The number of hydrogen-bond donors (Lipinski definition) is 2. The molecule has 0 saturated heterocycles. The lowest BCUT2D eigenvalue weighted by atomic mass is 9.89. The zero-order valence-electron chi connectivity index (χ0n) is 10.1. The lowest BCUT2D eigenvalue weighted by Gasteiger charge is -2.26. The van der Waals surface area contributed by atoms with E-state index in [1.54, 1.807) is 6.92 Å². The van der Waals surface area contributed by atoms with E-state index in [-0.39, 0.29) is 6.10 Å². The summed E-state index contributed by atoms with van der Waals surface area (Å²) >= 11 is 0. The molecule has 0 saturated carbocycles. The average molecular weight is 202 g/mol. The first-order valence-electron chi connectivity index (χ1n) is 5.85. The fraction of sp³-hybridized carbons (Fsp3) is 1.00. The Hall–Kier alpha value is -0.0800. The van der Waals surface area contributed by atoms with Gasteiger partial charge in [-0.05, 0) is 25.7 Å². The summed E-state index contributed by atoms with van der Waals surface area (Å²) in [6.07, 6.45) is 3.90. The van der Waals surface area contributed by atoms with Crippen LogP contribution in [0.2, 0.25) is 0 Å². The number of aliphatic hydroxyl groups is 2. The predicted octanol–water partition coefficient (Wildman–Crippen LogP) is 2.72. The summed E-state index contributed by atoms with van der Waals surface area (Å²) in [6.45, 7) is 8.05. The van der Waals surface area contributed by atoms with E-state index >= 15 is 0 Å². The van der Waals surface area contributed by atoms with E-state index in [2.05, 4.69) is 13.8 Å². The third kappa shape index (κ3) is 5.61. The minimum absolute atomic E-state index is 0.352. The molecule has 0 rings (SSSR count). The van der Waals surface area contributed by atoms with Gasteiger partial charge in [0.05, 0.1) is 11.7 Å². The second-order valence-corrected chi connectivity index (χ2v) is 4.63. The van der Waals surface area contributed by atoms with Crippen LogP contribution in [0.1, 0.15) is 59.8 Å². The third-order valence-electron chi connectivity index (χ3n) is 3.20. The molecule has 0 aliphatic carbocycles. The van der Waals surface area contributed by atoms with Crippen LogP contribution in [0.3, 0.4) is 0 Å². The van der Waals surface area contributed by atoms with E-state index in [1.807, 2.05) is 6.92 Å². The molecule has 0 aliphatic heterocycles. The van der Waals surface area contributed by atoms with Crippen LogP contribution in [0.25, 0.3) is 0 Å². The molecule has 0 aromatic rings. The van der Waals surface area contributed by atoms with Crippen LogP contribution in [0.4, 0.5) is 0 Å². The summed E-state index contributed by atoms with van der Waals surface area (Å²) in [5.41, 5.74) is -0.703. The van der Waals surface area contributed by atoms with E-state index < -0.39 is 5.60 Å². The maximum atomic E-state index is 9.79. The molecule has 14 heavy (non-hydrogen) atoms. The van der Waals surface area contributed by atoms with E-state index in [0.717, 1.165) is 19.3 Å². The summed E-state index contributed by atoms with van der Waals surface area (Å²) in [7, 11) is 0. The van der Waals surface area contributed by atoms with Gasteiger partial charge in [-0.25, -0.2) is 0 Å². The van der Waals surface area contributed by atoms with Gasteiger partial charge < -0.3 is 10.2 Å². The van der Waals surface area contributed by atoms with Gasteiger partial charge in [0, 0.05) is 6.42 Å². The monoisotopic (exact) mass is 202 g/mol. The van der Waals surface area contributed by atoms with Crippen molar-refractivity contribution in [2.45, 2.75) is 71.5 Å². The van der Waals surface area contributed by atoms with Crippen molar-refractivity contribution in [1.29, 1.82) is 0 Å². The molecule has 2 nitrogen and oxygen atoms in total. The fourth-order valence-corrected chi connectivity index (χ4v) is 1.74. The van der Waals surface area contributed by atoms with Gasteiger partial charge in [-0.15, -0.1) is 0 Å². The normalized spacial score (nSPS) is 18.2. The Balaban J connectivity index is 3.90. The molecule has 0 spiro atoms. The maximum Gasteiger partial charge on any atom is 0.0641 e. The lowest BCUT2D eigenvalue weighted by Crippen LogP contribution is -2.30. The maximum absolute atomic E-state index is 9.79. The highest BCUT2D eigenvalue weighted by Crippen LogP contribution is 2.22. The Bertz CT molecular complexity index is 139. The van der Waals surface area contributed by atoms with Crippen LogP contribution in [0.15, 0.2) is 0 Å². The SMILES string of the molecule is CCC(CC)CC(O)CC(C)(O)CC. The Kier molecular flexibility index (Phi) is 6.38. The minimum Gasteiger partial charge on any atom is -0.393 e. The molecule has 2 atom stereocenters. The van der Waals surface area contributed by atoms with Crippen LogP contribution in [0.5, 0.6) is 0 Å². The van der Waals surface area contributed by atoms with Crippen molar-refractivity contribution in [3.05, 3.63) is 0 Å². The first kappa shape index (κ1) is 13.9. The van der Waals surface area contributed by atoms with Crippen molar-refractivity contribution in [3.63, 3.8) is 0 Å². The molecule has 2 unspecified atom stereocenters. The van der Waals surface area contributed by atoms with Gasteiger partial charge >= 0.3 is 0 Å². The van der Waals surface area contributed by atoms with Gasteiger partial charge in [-0.1, -0.05) is 33.6 Å². The van der Waals surface area contributed by atoms with E-state index in [0.29, 0.717) is 18.8 Å². The Morgan fingerprint density at radius 1 is 1.14 bits per heavy atom. The first-order chi connectivity index (χ1) is 6.45. The highest BCUT2D eigenvalue weighted by Gasteiger charge is 2.23. The molecule has 2 heteroatoms. The molecule has 2 N–H and O–H groups in total. The fourth-order valence-electron chi connectivity index (χ4n) is 1.74. The number of aliphatic hydroxyl groups excluding tert-OH is 1. The second kappa shape index (κ2) is 6.41. The van der Waals surface area contributed by atoms with Gasteiger partial charge in [-0.2, -0.15) is 0 Å². The summed E-state index contributed by atoms with van der Waals surface area (Å²) < 4.78 is 0. The van der Waals surface area contributed by atoms with Crippen molar-refractivity contribution in [2.24, 2.45) is 5.92 Å². The summed E-state index contributed by atoms with van der Waals surface area (Å²) in [5, 5.41) is 19.6. The Labute approximate surface area is 88.3 Å². The summed E-state index contributed by atoms with van der Waals surface area (Å²) in [4.78, 5) is 0.